The van der Waals surface area contributed by atoms with Crippen LogP contribution >= 0.6 is 45.8 Å². The summed E-state index contributed by atoms with van der Waals surface area (Å²) in [6, 6.07) is 5.36. The van der Waals surface area contributed by atoms with Gasteiger partial charge >= 0.3 is 0 Å². The quantitative estimate of drug-likeness (QED) is 0.543. The van der Waals surface area contributed by atoms with Crippen molar-refractivity contribution < 1.29 is 4.79 Å². The molecule has 1 saturated carbocycles. The van der Waals surface area contributed by atoms with Crippen LogP contribution in [0.2, 0.25) is 5.02 Å². The van der Waals surface area contributed by atoms with E-state index in [1.165, 1.54) is 6.42 Å². The molecule has 110 valence electrons. The van der Waals surface area contributed by atoms with Crippen LogP contribution in [0.5, 0.6) is 0 Å². The smallest absolute Gasteiger partial charge is 0.252 e. The molecule has 2 rings (SSSR count). The van der Waals surface area contributed by atoms with Gasteiger partial charge in [-0.05, 0) is 59.5 Å². The molecule has 1 aliphatic rings. The number of amides is 1. The molecule has 2 unspecified atom stereocenters. The fraction of sp³-hybridized carbons (Fsp3) is 0.533. The summed E-state index contributed by atoms with van der Waals surface area (Å²) in [5, 5.41) is 3.74. The Morgan fingerprint density at radius 1 is 1.55 bits per heavy atom. The van der Waals surface area contributed by atoms with Crippen molar-refractivity contribution >= 4 is 51.7 Å². The molecule has 1 amide bonds. The number of carbonyl (C=O) groups is 1. The number of halogens is 3. The maximum absolute atomic E-state index is 12.5. The van der Waals surface area contributed by atoms with E-state index in [-0.39, 0.29) is 11.4 Å². The second-order valence-electron chi connectivity index (χ2n) is 5.69. The van der Waals surface area contributed by atoms with Crippen molar-refractivity contribution in [1.82, 2.24) is 5.32 Å². The third-order valence-corrected chi connectivity index (χ3v) is 5.59. The van der Waals surface area contributed by atoms with Gasteiger partial charge in [-0.25, -0.2) is 0 Å². The van der Waals surface area contributed by atoms with Gasteiger partial charge in [0.25, 0.3) is 5.91 Å². The minimum Gasteiger partial charge on any atom is -0.345 e. The Morgan fingerprint density at radius 3 is 2.95 bits per heavy atom. The van der Waals surface area contributed by atoms with E-state index >= 15 is 0 Å². The van der Waals surface area contributed by atoms with Crippen LogP contribution in [0, 0.1) is 9.49 Å². The summed E-state index contributed by atoms with van der Waals surface area (Å²) in [5.74, 6) is 0.980. The van der Waals surface area contributed by atoms with E-state index in [1.54, 1.807) is 12.1 Å². The van der Waals surface area contributed by atoms with Crippen molar-refractivity contribution in [1.29, 1.82) is 0 Å². The Labute approximate surface area is 143 Å². The van der Waals surface area contributed by atoms with E-state index < -0.39 is 0 Å². The number of rotatable bonds is 3. The average Bonchev–Trinajstić information content (AvgIpc) is 2.41. The van der Waals surface area contributed by atoms with Gasteiger partial charge < -0.3 is 5.32 Å². The first-order valence-corrected chi connectivity index (χ1v) is 8.78. The summed E-state index contributed by atoms with van der Waals surface area (Å²) in [6.45, 7) is 2.22. The molecule has 0 spiro atoms. The van der Waals surface area contributed by atoms with E-state index in [0.29, 0.717) is 22.4 Å². The van der Waals surface area contributed by atoms with Crippen molar-refractivity contribution in [2.45, 2.75) is 38.1 Å². The van der Waals surface area contributed by atoms with Crippen LogP contribution in [0.4, 0.5) is 0 Å². The molecule has 2 atom stereocenters. The molecule has 1 aromatic carbocycles. The molecule has 20 heavy (non-hydrogen) atoms. The van der Waals surface area contributed by atoms with Crippen LogP contribution in [0.1, 0.15) is 43.0 Å². The Morgan fingerprint density at radius 2 is 2.30 bits per heavy atom. The number of nitrogens with one attached hydrogen (secondary N) is 1. The van der Waals surface area contributed by atoms with Crippen LogP contribution in [-0.4, -0.2) is 17.3 Å². The topological polar surface area (TPSA) is 29.1 Å². The molecule has 0 heterocycles. The summed E-state index contributed by atoms with van der Waals surface area (Å²) >= 11 is 14.3. The Balaban J connectivity index is 2.19. The zero-order valence-corrected chi connectivity index (χ0v) is 15.1. The van der Waals surface area contributed by atoms with Crippen LogP contribution in [0.3, 0.4) is 0 Å². The fourth-order valence-electron chi connectivity index (χ4n) is 2.91. The third-order valence-electron chi connectivity index (χ3n) is 3.90. The molecule has 1 aliphatic carbocycles. The fourth-order valence-corrected chi connectivity index (χ4v) is 3.97. The lowest BCUT2D eigenvalue weighted by Crippen LogP contribution is -2.52. The van der Waals surface area contributed by atoms with Crippen molar-refractivity contribution in [3.63, 3.8) is 0 Å². The molecule has 1 aromatic rings. The van der Waals surface area contributed by atoms with E-state index in [2.05, 4.69) is 34.8 Å². The molecule has 0 aliphatic heterocycles. The van der Waals surface area contributed by atoms with Gasteiger partial charge in [0.2, 0.25) is 0 Å². The van der Waals surface area contributed by atoms with Crippen molar-refractivity contribution in [2.24, 2.45) is 5.92 Å². The molecule has 0 saturated heterocycles. The van der Waals surface area contributed by atoms with Gasteiger partial charge in [-0.1, -0.05) is 31.4 Å². The first-order chi connectivity index (χ1) is 9.46. The number of carbonyl (C=O) groups excluding carboxylic acids is 1. The van der Waals surface area contributed by atoms with E-state index in [9.17, 15) is 4.79 Å². The lowest BCUT2D eigenvalue weighted by Gasteiger charge is -2.39. The molecule has 1 fully saturated rings. The lowest BCUT2D eigenvalue weighted by atomic mass is 9.77. The van der Waals surface area contributed by atoms with Gasteiger partial charge in [-0.3, -0.25) is 4.79 Å². The monoisotopic (exact) mass is 425 g/mol. The summed E-state index contributed by atoms with van der Waals surface area (Å²) < 4.78 is 0.901. The van der Waals surface area contributed by atoms with Crippen molar-refractivity contribution in [3.8, 4) is 0 Å². The zero-order valence-electron chi connectivity index (χ0n) is 11.4. The molecule has 0 bridgehead atoms. The summed E-state index contributed by atoms with van der Waals surface area (Å²) in [5.41, 5.74) is 0.350. The van der Waals surface area contributed by atoms with Gasteiger partial charge in [0.15, 0.2) is 0 Å². The van der Waals surface area contributed by atoms with Gasteiger partial charge in [0, 0.05) is 14.5 Å². The van der Waals surface area contributed by atoms with Gasteiger partial charge in [0.05, 0.1) is 11.1 Å². The highest BCUT2D eigenvalue weighted by Crippen LogP contribution is 2.33. The van der Waals surface area contributed by atoms with Crippen molar-refractivity contribution in [2.75, 3.05) is 5.88 Å². The van der Waals surface area contributed by atoms with Crippen LogP contribution in [0.25, 0.3) is 0 Å². The Hall–Kier alpha value is -0.000000000000000111. The standard InChI is InChI=1S/C15H18Cl2INO/c1-10-3-2-6-15(8-10,9-16)19-14(20)12-7-11(17)4-5-13(12)18/h4-5,7,10H,2-3,6,8-9H2,1H3,(H,19,20). The van der Waals surface area contributed by atoms with Crippen molar-refractivity contribution in [3.05, 3.63) is 32.4 Å². The minimum atomic E-state index is -0.276. The van der Waals surface area contributed by atoms with E-state index in [4.69, 9.17) is 23.2 Å². The number of alkyl halides is 1. The molecule has 0 aromatic heterocycles. The molecular formula is C15H18Cl2INO. The maximum atomic E-state index is 12.5. The predicted molar refractivity (Wildman–Crippen MR) is 92.7 cm³/mol. The molecule has 1 N–H and O–H groups in total. The van der Waals surface area contributed by atoms with Gasteiger partial charge in [-0.2, -0.15) is 0 Å². The largest absolute Gasteiger partial charge is 0.345 e. The number of hydrogen-bond donors (Lipinski definition) is 1. The highest BCUT2D eigenvalue weighted by molar-refractivity contribution is 14.1. The normalized spacial score (nSPS) is 26.3. The first-order valence-electron chi connectivity index (χ1n) is 6.79. The van der Waals surface area contributed by atoms with Crippen LogP contribution in [0.15, 0.2) is 18.2 Å². The van der Waals surface area contributed by atoms with Gasteiger partial charge in [-0.15, -0.1) is 11.6 Å². The molecule has 5 heteroatoms. The first kappa shape index (κ1) is 16.4. The number of benzene rings is 1. The predicted octanol–water partition coefficient (Wildman–Crippen LogP) is 4.86. The second-order valence-corrected chi connectivity index (χ2v) is 7.56. The summed E-state index contributed by atoms with van der Waals surface area (Å²) in [7, 11) is 0. The SMILES string of the molecule is CC1CCCC(CCl)(NC(=O)c2cc(Cl)ccc2I)C1. The minimum absolute atomic E-state index is 0.0772. The van der Waals surface area contributed by atoms with Crippen LogP contribution in [-0.2, 0) is 0 Å². The molecular weight excluding hydrogens is 408 g/mol. The van der Waals surface area contributed by atoms with E-state index in [0.717, 1.165) is 22.8 Å². The third kappa shape index (κ3) is 3.80. The molecule has 0 radical (unpaired) electrons. The highest BCUT2D eigenvalue weighted by atomic mass is 127. The highest BCUT2D eigenvalue weighted by Gasteiger charge is 2.36. The van der Waals surface area contributed by atoms with Crippen LogP contribution < -0.4 is 5.32 Å². The second kappa shape index (κ2) is 6.84. The maximum Gasteiger partial charge on any atom is 0.252 e. The Kier molecular flexibility index (Phi) is 5.60. The summed E-state index contributed by atoms with van der Waals surface area (Å²) in [4.78, 5) is 12.5. The summed E-state index contributed by atoms with van der Waals surface area (Å²) in [6.07, 6.45) is 4.22. The van der Waals surface area contributed by atoms with Gasteiger partial charge in [0.1, 0.15) is 0 Å². The molecule has 2 nitrogen and oxygen atoms in total. The van der Waals surface area contributed by atoms with E-state index in [1.807, 2.05) is 6.07 Å². The average molecular weight is 426 g/mol. The zero-order chi connectivity index (χ0) is 14.8. The number of hydrogen-bond acceptors (Lipinski definition) is 1. The lowest BCUT2D eigenvalue weighted by molar-refractivity contribution is 0.0866. The Bertz CT molecular complexity index is 509.